The number of hydrogen-bond acceptors (Lipinski definition) is 5. The third-order valence-corrected chi connectivity index (χ3v) is 4.86. The molecule has 7 heteroatoms. The zero-order chi connectivity index (χ0) is 18.2. The number of rotatable bonds is 7. The standard InChI is InChI=1S/C19H23N3O3S/c23-18(6-3-8-20-19(24)15-7-13-26-14-15)21-16-4-1-2-5-17(16)22-9-11-25-12-10-22/h1-2,4-5,7,13-14H,3,6,8-12H2,(H,20,24)(H,21,23). The largest absolute Gasteiger partial charge is 0.378 e. The SMILES string of the molecule is O=C(CCCNC(=O)c1ccsc1)Nc1ccccc1N1CCOCC1. The number of nitrogens with zero attached hydrogens (tertiary/aromatic N) is 1. The van der Waals surface area contributed by atoms with E-state index in [0.717, 1.165) is 24.5 Å². The minimum atomic E-state index is -0.0932. The fraction of sp³-hybridized carbons (Fsp3) is 0.368. The predicted octanol–water partition coefficient (Wildman–Crippen LogP) is 2.73. The number of amides is 2. The Balaban J connectivity index is 1.45. The summed E-state index contributed by atoms with van der Waals surface area (Å²) in [6.07, 6.45) is 0.961. The van der Waals surface area contributed by atoms with Gasteiger partial charge in [-0.3, -0.25) is 9.59 Å². The summed E-state index contributed by atoms with van der Waals surface area (Å²) in [6, 6.07) is 9.61. The van der Waals surface area contributed by atoms with E-state index in [9.17, 15) is 9.59 Å². The number of morpholine rings is 1. The highest BCUT2D eigenvalue weighted by molar-refractivity contribution is 7.08. The van der Waals surface area contributed by atoms with Gasteiger partial charge >= 0.3 is 0 Å². The summed E-state index contributed by atoms with van der Waals surface area (Å²) in [7, 11) is 0. The lowest BCUT2D eigenvalue weighted by atomic mass is 10.2. The summed E-state index contributed by atoms with van der Waals surface area (Å²) in [5.41, 5.74) is 2.51. The highest BCUT2D eigenvalue weighted by Gasteiger charge is 2.15. The van der Waals surface area contributed by atoms with Crippen LogP contribution in [0.2, 0.25) is 0 Å². The first-order valence-electron chi connectivity index (χ1n) is 8.76. The third kappa shape index (κ3) is 5.06. The molecule has 3 rings (SSSR count). The second-order valence-corrected chi connectivity index (χ2v) is 6.82. The molecule has 0 unspecified atom stereocenters. The number of carbonyl (C=O) groups excluding carboxylic acids is 2. The molecule has 0 aliphatic carbocycles. The van der Waals surface area contributed by atoms with Crippen molar-refractivity contribution in [2.45, 2.75) is 12.8 Å². The fourth-order valence-corrected chi connectivity index (χ4v) is 3.45. The molecular formula is C19H23N3O3S. The molecule has 1 aromatic heterocycles. The molecule has 0 spiro atoms. The fourth-order valence-electron chi connectivity index (χ4n) is 2.82. The van der Waals surface area contributed by atoms with Crippen LogP contribution in [0.15, 0.2) is 41.1 Å². The number of hydrogen-bond donors (Lipinski definition) is 2. The first-order chi connectivity index (χ1) is 12.7. The van der Waals surface area contributed by atoms with Crippen molar-refractivity contribution in [1.29, 1.82) is 0 Å². The highest BCUT2D eigenvalue weighted by Crippen LogP contribution is 2.26. The van der Waals surface area contributed by atoms with E-state index in [1.807, 2.05) is 35.0 Å². The molecule has 2 N–H and O–H groups in total. The van der Waals surface area contributed by atoms with E-state index in [4.69, 9.17) is 4.74 Å². The van der Waals surface area contributed by atoms with Crippen molar-refractivity contribution in [3.8, 4) is 0 Å². The van der Waals surface area contributed by atoms with Crippen LogP contribution >= 0.6 is 11.3 Å². The van der Waals surface area contributed by atoms with Crippen LogP contribution in [0.4, 0.5) is 11.4 Å². The van der Waals surface area contributed by atoms with Crippen molar-refractivity contribution in [3.05, 3.63) is 46.7 Å². The molecule has 0 atom stereocenters. The number of benzene rings is 1. The minimum Gasteiger partial charge on any atom is -0.378 e. The molecule has 1 aromatic carbocycles. The van der Waals surface area contributed by atoms with E-state index < -0.39 is 0 Å². The van der Waals surface area contributed by atoms with Crippen LogP contribution in [-0.2, 0) is 9.53 Å². The normalized spacial score (nSPS) is 14.1. The number of para-hydroxylation sites is 2. The monoisotopic (exact) mass is 373 g/mol. The van der Waals surface area contributed by atoms with Crippen LogP contribution in [-0.4, -0.2) is 44.7 Å². The van der Waals surface area contributed by atoms with Gasteiger partial charge in [-0.15, -0.1) is 0 Å². The second kappa shape index (κ2) is 9.35. The van der Waals surface area contributed by atoms with Crippen LogP contribution in [0, 0.1) is 0 Å². The molecular weight excluding hydrogens is 350 g/mol. The second-order valence-electron chi connectivity index (χ2n) is 6.04. The molecule has 0 bridgehead atoms. The smallest absolute Gasteiger partial charge is 0.252 e. The van der Waals surface area contributed by atoms with E-state index in [1.54, 1.807) is 6.07 Å². The maximum absolute atomic E-state index is 12.3. The zero-order valence-corrected chi connectivity index (χ0v) is 15.4. The molecule has 1 fully saturated rings. The van der Waals surface area contributed by atoms with Crippen molar-refractivity contribution < 1.29 is 14.3 Å². The lowest BCUT2D eigenvalue weighted by Crippen LogP contribution is -2.36. The number of anilines is 2. The zero-order valence-electron chi connectivity index (χ0n) is 14.6. The summed E-state index contributed by atoms with van der Waals surface area (Å²) < 4.78 is 5.39. The van der Waals surface area contributed by atoms with E-state index in [2.05, 4.69) is 15.5 Å². The quantitative estimate of drug-likeness (QED) is 0.732. The van der Waals surface area contributed by atoms with Crippen molar-refractivity contribution in [2.75, 3.05) is 43.1 Å². The van der Waals surface area contributed by atoms with Crippen LogP contribution in [0.25, 0.3) is 0 Å². The summed E-state index contributed by atoms with van der Waals surface area (Å²) in [5, 5.41) is 9.50. The number of carbonyl (C=O) groups is 2. The molecule has 6 nitrogen and oxygen atoms in total. The summed E-state index contributed by atoms with van der Waals surface area (Å²) in [5.74, 6) is -0.139. The predicted molar refractivity (Wildman–Crippen MR) is 104 cm³/mol. The maximum Gasteiger partial charge on any atom is 0.252 e. The maximum atomic E-state index is 12.3. The van der Waals surface area contributed by atoms with Crippen LogP contribution in [0.1, 0.15) is 23.2 Å². The minimum absolute atomic E-state index is 0.0458. The number of nitrogens with one attached hydrogen (secondary N) is 2. The molecule has 26 heavy (non-hydrogen) atoms. The topological polar surface area (TPSA) is 70.7 Å². The molecule has 0 radical (unpaired) electrons. The Bertz CT molecular complexity index is 727. The Kier molecular flexibility index (Phi) is 6.62. The Morgan fingerprint density at radius 2 is 1.96 bits per heavy atom. The van der Waals surface area contributed by atoms with Gasteiger partial charge in [0.15, 0.2) is 0 Å². The van der Waals surface area contributed by atoms with Gasteiger partial charge < -0.3 is 20.3 Å². The van der Waals surface area contributed by atoms with Crippen molar-refractivity contribution >= 4 is 34.5 Å². The molecule has 2 heterocycles. The van der Waals surface area contributed by atoms with Crippen molar-refractivity contribution in [3.63, 3.8) is 0 Å². The average molecular weight is 373 g/mol. The highest BCUT2D eigenvalue weighted by atomic mass is 32.1. The van der Waals surface area contributed by atoms with E-state index >= 15 is 0 Å². The molecule has 1 saturated heterocycles. The van der Waals surface area contributed by atoms with E-state index in [1.165, 1.54) is 11.3 Å². The van der Waals surface area contributed by atoms with Crippen LogP contribution in [0.5, 0.6) is 0 Å². The van der Waals surface area contributed by atoms with Crippen LogP contribution < -0.4 is 15.5 Å². The first kappa shape index (κ1) is 18.4. The molecule has 0 saturated carbocycles. The molecule has 2 aromatic rings. The van der Waals surface area contributed by atoms with E-state index in [0.29, 0.717) is 38.2 Å². The average Bonchev–Trinajstić information content (AvgIpc) is 3.21. The Hall–Kier alpha value is -2.38. The molecule has 1 aliphatic rings. The lowest BCUT2D eigenvalue weighted by molar-refractivity contribution is -0.116. The number of thiophene rings is 1. The Labute approximate surface area is 157 Å². The first-order valence-corrected chi connectivity index (χ1v) is 9.70. The van der Waals surface area contributed by atoms with E-state index in [-0.39, 0.29) is 11.8 Å². The van der Waals surface area contributed by atoms with Gasteiger partial charge in [0.05, 0.1) is 24.6 Å². The van der Waals surface area contributed by atoms with Crippen molar-refractivity contribution in [2.24, 2.45) is 0 Å². The summed E-state index contributed by atoms with van der Waals surface area (Å²) >= 11 is 1.49. The van der Waals surface area contributed by atoms with Gasteiger partial charge in [0.2, 0.25) is 5.91 Å². The van der Waals surface area contributed by atoms with Gasteiger partial charge in [0.25, 0.3) is 5.91 Å². The summed E-state index contributed by atoms with van der Waals surface area (Å²) in [4.78, 5) is 26.3. The van der Waals surface area contributed by atoms with Gasteiger partial charge in [-0.05, 0) is 30.0 Å². The van der Waals surface area contributed by atoms with Gasteiger partial charge in [0, 0.05) is 37.0 Å². The lowest BCUT2D eigenvalue weighted by Gasteiger charge is -2.30. The van der Waals surface area contributed by atoms with Crippen molar-refractivity contribution in [1.82, 2.24) is 5.32 Å². The molecule has 2 amide bonds. The number of ether oxygens (including phenoxy) is 1. The van der Waals surface area contributed by atoms with Gasteiger partial charge in [-0.1, -0.05) is 12.1 Å². The Morgan fingerprint density at radius 3 is 2.73 bits per heavy atom. The van der Waals surface area contributed by atoms with Crippen LogP contribution in [0.3, 0.4) is 0 Å². The van der Waals surface area contributed by atoms with Gasteiger partial charge in [0.1, 0.15) is 0 Å². The van der Waals surface area contributed by atoms with Gasteiger partial charge in [-0.25, -0.2) is 0 Å². The molecule has 138 valence electrons. The Morgan fingerprint density at radius 1 is 1.15 bits per heavy atom. The molecule has 1 aliphatic heterocycles. The third-order valence-electron chi connectivity index (χ3n) is 4.18. The van der Waals surface area contributed by atoms with Gasteiger partial charge in [-0.2, -0.15) is 11.3 Å². The summed E-state index contributed by atoms with van der Waals surface area (Å²) in [6.45, 7) is 3.52.